The summed E-state index contributed by atoms with van der Waals surface area (Å²) in [6.45, 7) is 3.62. The van der Waals surface area contributed by atoms with Crippen LogP contribution in [-0.4, -0.2) is 40.8 Å². The van der Waals surface area contributed by atoms with Gasteiger partial charge in [-0.05, 0) is 20.8 Å². The monoisotopic (exact) mass is 252 g/mol. The minimum atomic E-state index is -4.64. The largest absolute Gasteiger partial charge is 0.480 e. The van der Waals surface area contributed by atoms with Gasteiger partial charge in [-0.15, -0.1) is 0 Å². The maximum atomic E-state index is 12.4. The van der Waals surface area contributed by atoms with Gasteiger partial charge in [0.2, 0.25) is 0 Å². The third-order valence-corrected chi connectivity index (χ3v) is 2.23. The molecule has 1 atom stereocenters. The number of carbonyl (C=O) groups is 1. The quantitative estimate of drug-likeness (QED) is 0.829. The zero-order valence-electron chi connectivity index (χ0n) is 9.88. The van der Waals surface area contributed by atoms with Crippen LogP contribution in [0.3, 0.4) is 0 Å². The van der Waals surface area contributed by atoms with E-state index in [4.69, 9.17) is 10.4 Å². The summed E-state index contributed by atoms with van der Waals surface area (Å²) >= 11 is 0. The fourth-order valence-electron chi connectivity index (χ4n) is 1.18. The van der Waals surface area contributed by atoms with Crippen LogP contribution in [0.15, 0.2) is 0 Å². The summed E-state index contributed by atoms with van der Waals surface area (Å²) in [5, 5.41) is 17.1. The fourth-order valence-corrected chi connectivity index (χ4v) is 1.18. The highest BCUT2D eigenvalue weighted by atomic mass is 19.4. The minimum Gasteiger partial charge on any atom is -0.480 e. The van der Waals surface area contributed by atoms with E-state index < -0.39 is 36.7 Å². The van der Waals surface area contributed by atoms with Crippen molar-refractivity contribution in [3.63, 3.8) is 0 Å². The lowest BCUT2D eigenvalue weighted by Gasteiger charge is -2.35. The van der Waals surface area contributed by atoms with E-state index in [2.05, 4.69) is 0 Å². The number of hydrogen-bond donors (Lipinski definition) is 1. The molecule has 0 aromatic carbocycles. The van der Waals surface area contributed by atoms with E-state index in [0.29, 0.717) is 0 Å². The molecular weight excluding hydrogens is 237 g/mol. The smallest absolute Gasteiger partial charge is 0.405 e. The summed E-state index contributed by atoms with van der Waals surface area (Å²) < 4.78 is 37.2. The molecule has 0 fully saturated rings. The zero-order valence-corrected chi connectivity index (χ0v) is 9.88. The second-order valence-electron chi connectivity index (χ2n) is 4.67. The molecule has 0 amide bonds. The average Bonchev–Trinajstić information content (AvgIpc) is 2.07. The van der Waals surface area contributed by atoms with Crippen molar-refractivity contribution in [1.29, 1.82) is 5.26 Å². The van der Waals surface area contributed by atoms with Crippen LogP contribution in [0, 0.1) is 17.2 Å². The molecule has 0 aromatic heterocycles. The van der Waals surface area contributed by atoms with Gasteiger partial charge in [0, 0.05) is 12.1 Å². The van der Waals surface area contributed by atoms with Gasteiger partial charge >= 0.3 is 12.1 Å². The van der Waals surface area contributed by atoms with E-state index in [0.717, 1.165) is 11.0 Å². The number of halogens is 3. The van der Waals surface area contributed by atoms with Gasteiger partial charge in [0.15, 0.2) is 5.92 Å². The fraction of sp³-hybridized carbons (Fsp3) is 0.800. The van der Waals surface area contributed by atoms with E-state index >= 15 is 0 Å². The van der Waals surface area contributed by atoms with Crippen molar-refractivity contribution in [1.82, 2.24) is 4.90 Å². The molecule has 98 valence electrons. The number of rotatable bonds is 4. The predicted octanol–water partition coefficient (Wildman–Crippen LogP) is 1.87. The lowest BCUT2D eigenvalue weighted by atomic mass is 10.0. The van der Waals surface area contributed by atoms with Crippen molar-refractivity contribution in [3.05, 3.63) is 0 Å². The Hall–Kier alpha value is -1.29. The van der Waals surface area contributed by atoms with Crippen molar-refractivity contribution in [2.24, 2.45) is 5.92 Å². The zero-order chi connectivity index (χ0) is 13.9. The molecule has 0 aliphatic heterocycles. The van der Waals surface area contributed by atoms with Crippen LogP contribution in [-0.2, 0) is 4.79 Å². The van der Waals surface area contributed by atoms with Crippen LogP contribution in [0.5, 0.6) is 0 Å². The first-order chi connectivity index (χ1) is 7.48. The molecule has 1 unspecified atom stereocenters. The Morgan fingerprint density at radius 3 is 2.12 bits per heavy atom. The third-order valence-electron chi connectivity index (χ3n) is 2.23. The van der Waals surface area contributed by atoms with Crippen molar-refractivity contribution in [2.75, 3.05) is 13.1 Å². The molecule has 0 rings (SSSR count). The number of carboxylic acid groups (broad SMARTS) is 1. The maximum absolute atomic E-state index is 12.4. The lowest BCUT2D eigenvalue weighted by molar-refractivity contribution is -0.168. The second-order valence-corrected chi connectivity index (χ2v) is 4.67. The molecule has 4 nitrogen and oxygen atoms in total. The number of alkyl halides is 3. The summed E-state index contributed by atoms with van der Waals surface area (Å²) in [6.07, 6.45) is -4.64. The van der Waals surface area contributed by atoms with Gasteiger partial charge in [-0.25, -0.2) is 0 Å². The van der Waals surface area contributed by atoms with Crippen LogP contribution < -0.4 is 0 Å². The summed E-state index contributed by atoms with van der Waals surface area (Å²) in [5.41, 5.74) is -0.751. The SMILES string of the molecule is CC(C)(C)N(CC(=O)O)CC(C#N)C(F)(F)F. The Bertz CT molecular complexity index is 315. The number of aliphatic carboxylic acids is 1. The van der Waals surface area contributed by atoms with Crippen molar-refractivity contribution >= 4 is 5.97 Å². The summed E-state index contributed by atoms with van der Waals surface area (Å²) in [5.74, 6) is -3.40. The molecule has 0 aromatic rings. The van der Waals surface area contributed by atoms with Crippen molar-refractivity contribution in [2.45, 2.75) is 32.5 Å². The Balaban J connectivity index is 4.87. The lowest BCUT2D eigenvalue weighted by Crippen LogP contribution is -2.48. The Morgan fingerprint density at radius 1 is 1.41 bits per heavy atom. The molecule has 0 saturated carbocycles. The standard InChI is InChI=1S/C10H15F3N2O2/c1-9(2,3)15(6-8(16)17)5-7(4-14)10(11,12)13/h7H,5-6H2,1-3H3,(H,16,17). The number of carboxylic acids is 1. The van der Waals surface area contributed by atoms with Gasteiger partial charge in [0.25, 0.3) is 0 Å². The normalized spacial score (nSPS) is 14.5. The molecule has 0 bridgehead atoms. The third kappa shape index (κ3) is 5.54. The minimum absolute atomic E-state index is 0.530. The van der Waals surface area contributed by atoms with E-state index in [1.54, 1.807) is 20.8 Å². The number of nitriles is 1. The van der Waals surface area contributed by atoms with Gasteiger partial charge in [-0.2, -0.15) is 18.4 Å². The molecule has 1 N–H and O–H groups in total. The first-order valence-electron chi connectivity index (χ1n) is 4.91. The van der Waals surface area contributed by atoms with Crippen molar-refractivity contribution < 1.29 is 23.1 Å². The average molecular weight is 252 g/mol. The summed E-state index contributed by atoms with van der Waals surface area (Å²) in [7, 11) is 0. The Morgan fingerprint density at radius 2 is 1.88 bits per heavy atom. The highest BCUT2D eigenvalue weighted by Crippen LogP contribution is 2.28. The highest BCUT2D eigenvalue weighted by molar-refractivity contribution is 5.69. The van der Waals surface area contributed by atoms with Gasteiger partial charge < -0.3 is 5.11 Å². The van der Waals surface area contributed by atoms with E-state index in [9.17, 15) is 18.0 Å². The van der Waals surface area contributed by atoms with Gasteiger partial charge in [0.1, 0.15) is 0 Å². The van der Waals surface area contributed by atoms with E-state index in [1.807, 2.05) is 0 Å². The number of nitrogens with zero attached hydrogens (tertiary/aromatic N) is 2. The molecule has 0 aliphatic carbocycles. The molecule has 0 aliphatic rings. The Kier molecular flexibility index (Phi) is 4.95. The summed E-state index contributed by atoms with van der Waals surface area (Å²) in [4.78, 5) is 11.7. The van der Waals surface area contributed by atoms with Crippen LogP contribution in [0.2, 0.25) is 0 Å². The van der Waals surface area contributed by atoms with Gasteiger partial charge in [-0.1, -0.05) is 0 Å². The van der Waals surface area contributed by atoms with Crippen molar-refractivity contribution in [3.8, 4) is 6.07 Å². The molecule has 7 heteroatoms. The molecule has 17 heavy (non-hydrogen) atoms. The molecule has 0 radical (unpaired) electrons. The van der Waals surface area contributed by atoms with Gasteiger partial charge in [-0.3, -0.25) is 9.69 Å². The Labute approximate surface area is 97.6 Å². The van der Waals surface area contributed by atoms with Crippen LogP contribution in [0.1, 0.15) is 20.8 Å². The van der Waals surface area contributed by atoms with Crippen LogP contribution in [0.4, 0.5) is 13.2 Å². The topological polar surface area (TPSA) is 64.3 Å². The molecule has 0 heterocycles. The maximum Gasteiger partial charge on any atom is 0.405 e. The first-order valence-corrected chi connectivity index (χ1v) is 4.91. The molecule has 0 spiro atoms. The van der Waals surface area contributed by atoms with E-state index in [-0.39, 0.29) is 0 Å². The highest BCUT2D eigenvalue weighted by Gasteiger charge is 2.42. The molecular formula is C10H15F3N2O2. The van der Waals surface area contributed by atoms with Gasteiger partial charge in [0.05, 0.1) is 12.6 Å². The first kappa shape index (κ1) is 15.7. The van der Waals surface area contributed by atoms with E-state index in [1.165, 1.54) is 0 Å². The second kappa shape index (κ2) is 5.36. The summed E-state index contributed by atoms with van der Waals surface area (Å²) in [6, 6.07) is 1.16. The molecule has 0 saturated heterocycles. The number of hydrogen-bond acceptors (Lipinski definition) is 3. The van der Waals surface area contributed by atoms with Crippen LogP contribution >= 0.6 is 0 Å². The van der Waals surface area contributed by atoms with Crippen LogP contribution in [0.25, 0.3) is 0 Å². The predicted molar refractivity (Wildman–Crippen MR) is 54.1 cm³/mol.